The average molecular weight is 206 g/mol. The van der Waals surface area contributed by atoms with Gasteiger partial charge < -0.3 is 4.74 Å². The van der Waals surface area contributed by atoms with Crippen molar-refractivity contribution in [1.82, 2.24) is 0 Å². The Hall–Kier alpha value is -0.820. The van der Waals surface area contributed by atoms with Gasteiger partial charge >= 0.3 is 0 Å². The predicted molar refractivity (Wildman–Crippen MR) is 64.7 cm³/mol. The Morgan fingerprint density at radius 3 is 2.27 bits per heavy atom. The molecule has 0 aliphatic carbocycles. The minimum atomic E-state index is 0.259. The summed E-state index contributed by atoms with van der Waals surface area (Å²) in [7, 11) is 0. The Balaban J connectivity index is 2.34. The van der Waals surface area contributed by atoms with Crippen molar-refractivity contribution in [2.45, 2.75) is 34.3 Å². The van der Waals surface area contributed by atoms with Crippen molar-refractivity contribution < 1.29 is 4.74 Å². The summed E-state index contributed by atoms with van der Waals surface area (Å²) in [6, 6.07) is 10.3. The molecule has 0 aromatic heterocycles. The normalized spacial score (nSPS) is 12.1. The largest absolute Gasteiger partial charge is 0.376 e. The minimum Gasteiger partial charge on any atom is -0.376 e. The second-order valence-electron chi connectivity index (χ2n) is 5.12. The van der Waals surface area contributed by atoms with Gasteiger partial charge in [-0.25, -0.2) is 0 Å². The second-order valence-corrected chi connectivity index (χ2v) is 5.12. The topological polar surface area (TPSA) is 9.23 Å². The Bertz CT molecular complexity index is 275. The first-order chi connectivity index (χ1) is 7.02. The van der Waals surface area contributed by atoms with E-state index in [1.54, 1.807) is 0 Å². The Kier molecular flexibility index (Phi) is 4.34. The molecule has 0 aliphatic rings. The van der Waals surface area contributed by atoms with E-state index in [2.05, 4.69) is 39.8 Å². The van der Waals surface area contributed by atoms with Gasteiger partial charge in [-0.3, -0.25) is 0 Å². The molecule has 1 aromatic carbocycles. The van der Waals surface area contributed by atoms with E-state index in [0.717, 1.165) is 13.2 Å². The number of hydrogen-bond donors (Lipinski definition) is 0. The Labute approximate surface area is 93.5 Å². The molecule has 0 amide bonds. The van der Waals surface area contributed by atoms with E-state index in [1.165, 1.54) is 5.56 Å². The van der Waals surface area contributed by atoms with Crippen LogP contribution in [0.25, 0.3) is 0 Å². The van der Waals surface area contributed by atoms with Gasteiger partial charge in [0.05, 0.1) is 13.2 Å². The van der Waals surface area contributed by atoms with E-state index < -0.39 is 0 Å². The zero-order valence-corrected chi connectivity index (χ0v) is 10.3. The molecule has 15 heavy (non-hydrogen) atoms. The van der Waals surface area contributed by atoms with Gasteiger partial charge in [-0.15, -0.1) is 0 Å². The van der Waals surface area contributed by atoms with Crippen LogP contribution in [0.2, 0.25) is 0 Å². The molecule has 0 N–H and O–H groups in total. The number of hydrogen-bond acceptors (Lipinski definition) is 1. The molecule has 0 unspecified atom stereocenters. The summed E-state index contributed by atoms with van der Waals surface area (Å²) < 4.78 is 5.75. The minimum absolute atomic E-state index is 0.259. The highest BCUT2D eigenvalue weighted by Crippen LogP contribution is 2.26. The van der Waals surface area contributed by atoms with Crippen LogP contribution in [0, 0.1) is 11.3 Å². The standard InChI is InChI=1S/C14H22O/c1-12(2)14(3,4)11-15-10-13-8-6-5-7-9-13/h5-9,12H,10-11H2,1-4H3. The molecule has 1 rings (SSSR count). The third-order valence-corrected chi connectivity index (χ3v) is 3.15. The lowest BCUT2D eigenvalue weighted by Gasteiger charge is -2.28. The lowest BCUT2D eigenvalue weighted by atomic mass is 9.82. The lowest BCUT2D eigenvalue weighted by molar-refractivity contribution is 0.0280. The molecule has 0 saturated heterocycles. The van der Waals surface area contributed by atoms with Gasteiger partial charge in [-0.05, 0) is 16.9 Å². The van der Waals surface area contributed by atoms with Crippen LogP contribution in [0.3, 0.4) is 0 Å². The van der Waals surface area contributed by atoms with Crippen molar-refractivity contribution in [2.24, 2.45) is 11.3 Å². The molecule has 0 radical (unpaired) electrons. The van der Waals surface area contributed by atoms with Crippen molar-refractivity contribution in [3.8, 4) is 0 Å². The summed E-state index contributed by atoms with van der Waals surface area (Å²) in [5.41, 5.74) is 1.51. The molecule has 0 heterocycles. The average Bonchev–Trinajstić information content (AvgIpc) is 2.19. The van der Waals surface area contributed by atoms with Crippen molar-refractivity contribution in [1.29, 1.82) is 0 Å². The van der Waals surface area contributed by atoms with E-state index in [4.69, 9.17) is 4.74 Å². The van der Waals surface area contributed by atoms with E-state index in [1.807, 2.05) is 18.2 Å². The Morgan fingerprint density at radius 1 is 1.13 bits per heavy atom. The molecule has 84 valence electrons. The van der Waals surface area contributed by atoms with Crippen LogP contribution < -0.4 is 0 Å². The van der Waals surface area contributed by atoms with Crippen LogP contribution >= 0.6 is 0 Å². The van der Waals surface area contributed by atoms with E-state index >= 15 is 0 Å². The fourth-order valence-corrected chi connectivity index (χ4v) is 1.17. The first kappa shape index (κ1) is 12.3. The maximum Gasteiger partial charge on any atom is 0.0717 e. The predicted octanol–water partition coefficient (Wildman–Crippen LogP) is 3.89. The van der Waals surface area contributed by atoms with Crippen LogP contribution in [-0.4, -0.2) is 6.61 Å². The maximum absolute atomic E-state index is 5.75. The van der Waals surface area contributed by atoms with E-state index in [9.17, 15) is 0 Å². The van der Waals surface area contributed by atoms with Crippen LogP contribution in [0.1, 0.15) is 33.3 Å². The lowest BCUT2D eigenvalue weighted by Crippen LogP contribution is -2.25. The summed E-state index contributed by atoms with van der Waals surface area (Å²) in [6.07, 6.45) is 0. The quantitative estimate of drug-likeness (QED) is 0.710. The SMILES string of the molecule is CC(C)C(C)(C)COCc1ccccc1. The van der Waals surface area contributed by atoms with Crippen LogP contribution in [0.5, 0.6) is 0 Å². The third-order valence-electron chi connectivity index (χ3n) is 3.15. The van der Waals surface area contributed by atoms with Gasteiger partial charge in [-0.1, -0.05) is 58.0 Å². The molecule has 0 bridgehead atoms. The highest BCUT2D eigenvalue weighted by atomic mass is 16.5. The molecule has 0 atom stereocenters. The maximum atomic E-state index is 5.75. The van der Waals surface area contributed by atoms with Crippen molar-refractivity contribution >= 4 is 0 Å². The zero-order chi connectivity index (χ0) is 11.3. The highest BCUT2D eigenvalue weighted by molar-refractivity contribution is 5.13. The van der Waals surface area contributed by atoms with Gasteiger partial charge in [0.15, 0.2) is 0 Å². The van der Waals surface area contributed by atoms with Gasteiger partial charge in [0.2, 0.25) is 0 Å². The van der Waals surface area contributed by atoms with Gasteiger partial charge in [0.25, 0.3) is 0 Å². The molecule has 1 nitrogen and oxygen atoms in total. The summed E-state index contributed by atoms with van der Waals surface area (Å²) in [5.74, 6) is 0.647. The fraction of sp³-hybridized carbons (Fsp3) is 0.571. The summed E-state index contributed by atoms with van der Waals surface area (Å²) >= 11 is 0. The first-order valence-corrected chi connectivity index (χ1v) is 5.64. The van der Waals surface area contributed by atoms with Crippen LogP contribution in [0.15, 0.2) is 30.3 Å². The second kappa shape index (κ2) is 5.32. The number of benzene rings is 1. The molecule has 0 saturated carbocycles. The first-order valence-electron chi connectivity index (χ1n) is 5.64. The molecular formula is C14H22O. The van der Waals surface area contributed by atoms with Crippen molar-refractivity contribution in [3.63, 3.8) is 0 Å². The fourth-order valence-electron chi connectivity index (χ4n) is 1.17. The summed E-state index contributed by atoms with van der Waals surface area (Å²) in [6.45, 7) is 10.5. The molecule has 0 aliphatic heterocycles. The highest BCUT2D eigenvalue weighted by Gasteiger charge is 2.22. The number of rotatable bonds is 5. The van der Waals surface area contributed by atoms with Gasteiger partial charge in [0.1, 0.15) is 0 Å². The van der Waals surface area contributed by atoms with Gasteiger partial charge in [0, 0.05) is 0 Å². The van der Waals surface area contributed by atoms with Crippen molar-refractivity contribution in [2.75, 3.05) is 6.61 Å². The molecule has 0 spiro atoms. The Morgan fingerprint density at radius 2 is 1.73 bits per heavy atom. The number of ether oxygens (including phenoxy) is 1. The van der Waals surface area contributed by atoms with E-state index in [-0.39, 0.29) is 5.41 Å². The third kappa shape index (κ3) is 4.05. The van der Waals surface area contributed by atoms with Gasteiger partial charge in [-0.2, -0.15) is 0 Å². The molecule has 1 heteroatoms. The smallest absolute Gasteiger partial charge is 0.0717 e. The summed E-state index contributed by atoms with van der Waals surface area (Å²) in [4.78, 5) is 0. The van der Waals surface area contributed by atoms with Crippen LogP contribution in [0.4, 0.5) is 0 Å². The molecular weight excluding hydrogens is 184 g/mol. The molecule has 0 fully saturated rings. The van der Waals surface area contributed by atoms with Crippen LogP contribution in [-0.2, 0) is 11.3 Å². The summed E-state index contributed by atoms with van der Waals surface area (Å²) in [5, 5.41) is 0. The monoisotopic (exact) mass is 206 g/mol. The zero-order valence-electron chi connectivity index (χ0n) is 10.3. The van der Waals surface area contributed by atoms with Crippen molar-refractivity contribution in [3.05, 3.63) is 35.9 Å². The van der Waals surface area contributed by atoms with E-state index in [0.29, 0.717) is 5.92 Å². The molecule has 1 aromatic rings.